The molecule has 3 rings (SSSR count). The van der Waals surface area contributed by atoms with Crippen molar-refractivity contribution in [3.8, 4) is 5.75 Å². The molecule has 2 fully saturated rings. The van der Waals surface area contributed by atoms with Crippen LogP contribution in [0.25, 0.3) is 0 Å². The first-order valence-electron chi connectivity index (χ1n) is 7.36. The van der Waals surface area contributed by atoms with Gasteiger partial charge in [0.2, 0.25) is 0 Å². The minimum Gasteiger partial charge on any atom is -0.489 e. The molecular weight excluding hydrogens is 273 g/mol. The second-order valence-electron chi connectivity index (χ2n) is 5.70. The van der Waals surface area contributed by atoms with Gasteiger partial charge in [-0.05, 0) is 18.9 Å². The highest BCUT2D eigenvalue weighted by Crippen LogP contribution is 2.35. The summed E-state index contributed by atoms with van der Waals surface area (Å²) in [6.45, 7) is 2.15. The fourth-order valence-electron chi connectivity index (χ4n) is 3.01. The van der Waals surface area contributed by atoms with Crippen LogP contribution in [0, 0.1) is 0 Å². The topological polar surface area (TPSA) is 81.0 Å². The summed E-state index contributed by atoms with van der Waals surface area (Å²) in [6.07, 6.45) is 6.54. The van der Waals surface area contributed by atoms with Crippen molar-refractivity contribution in [3.05, 3.63) is 18.5 Å². The number of aromatic nitrogens is 1. The standard InChI is InChI=1S/C14H20BNO5/c17-15(18)11-7-13(10-16-9-11)21-12-1-4-20-14(8-12)2-5-19-6-3-14/h7,9-10,12,17-18H,1-6,8H2. The summed E-state index contributed by atoms with van der Waals surface area (Å²) in [5.74, 6) is 0.565. The molecule has 2 saturated heterocycles. The molecule has 0 aliphatic carbocycles. The zero-order valence-electron chi connectivity index (χ0n) is 11.9. The minimum atomic E-state index is -1.53. The van der Waals surface area contributed by atoms with Gasteiger partial charge in [-0.25, -0.2) is 0 Å². The van der Waals surface area contributed by atoms with E-state index in [0.29, 0.717) is 17.8 Å². The van der Waals surface area contributed by atoms with Gasteiger partial charge in [-0.15, -0.1) is 0 Å². The number of hydrogen-bond donors (Lipinski definition) is 2. The van der Waals surface area contributed by atoms with Gasteiger partial charge in [0.1, 0.15) is 11.9 Å². The second kappa shape index (κ2) is 6.31. The van der Waals surface area contributed by atoms with Crippen LogP contribution in [-0.2, 0) is 9.47 Å². The average Bonchev–Trinajstić information content (AvgIpc) is 2.48. The molecule has 1 aromatic heterocycles. The number of hydrogen-bond acceptors (Lipinski definition) is 6. The molecule has 1 aromatic rings. The average molecular weight is 293 g/mol. The lowest BCUT2D eigenvalue weighted by Crippen LogP contribution is -2.47. The molecule has 3 heterocycles. The van der Waals surface area contributed by atoms with Gasteiger partial charge >= 0.3 is 7.12 Å². The Morgan fingerprint density at radius 3 is 2.81 bits per heavy atom. The lowest BCUT2D eigenvalue weighted by Gasteiger charge is -2.43. The molecule has 0 saturated carbocycles. The molecule has 0 bridgehead atoms. The van der Waals surface area contributed by atoms with E-state index < -0.39 is 7.12 Å². The van der Waals surface area contributed by atoms with Crippen molar-refractivity contribution in [2.24, 2.45) is 0 Å². The van der Waals surface area contributed by atoms with Gasteiger partial charge in [0.05, 0.1) is 18.4 Å². The van der Waals surface area contributed by atoms with E-state index >= 15 is 0 Å². The predicted octanol–water partition coefficient (Wildman–Crippen LogP) is -0.132. The van der Waals surface area contributed by atoms with Crippen LogP contribution in [-0.4, -0.2) is 53.7 Å². The quantitative estimate of drug-likeness (QED) is 0.756. The molecule has 6 nitrogen and oxygen atoms in total. The number of ether oxygens (including phenoxy) is 3. The van der Waals surface area contributed by atoms with Crippen molar-refractivity contribution in [2.45, 2.75) is 37.4 Å². The van der Waals surface area contributed by atoms with E-state index in [4.69, 9.17) is 14.2 Å². The van der Waals surface area contributed by atoms with Crippen LogP contribution in [0.1, 0.15) is 25.7 Å². The lowest BCUT2D eigenvalue weighted by molar-refractivity contribution is -0.155. The maximum Gasteiger partial charge on any atom is 0.490 e. The highest BCUT2D eigenvalue weighted by molar-refractivity contribution is 6.58. The molecule has 0 amide bonds. The van der Waals surface area contributed by atoms with Gasteiger partial charge in [0.15, 0.2) is 0 Å². The van der Waals surface area contributed by atoms with Gasteiger partial charge in [-0.2, -0.15) is 0 Å². The fraction of sp³-hybridized carbons (Fsp3) is 0.643. The third kappa shape index (κ3) is 3.55. The van der Waals surface area contributed by atoms with Crippen molar-refractivity contribution in [1.82, 2.24) is 4.98 Å². The number of pyridine rings is 1. The summed E-state index contributed by atoms with van der Waals surface area (Å²) in [5, 5.41) is 18.4. The molecule has 2 aliphatic rings. The predicted molar refractivity (Wildman–Crippen MR) is 76.4 cm³/mol. The zero-order valence-corrected chi connectivity index (χ0v) is 11.9. The largest absolute Gasteiger partial charge is 0.490 e. The van der Waals surface area contributed by atoms with Crippen LogP contribution in [0.3, 0.4) is 0 Å². The molecule has 7 heteroatoms. The Labute approximate surface area is 124 Å². The summed E-state index contributed by atoms with van der Waals surface area (Å²) in [6, 6.07) is 1.61. The van der Waals surface area contributed by atoms with Crippen molar-refractivity contribution in [2.75, 3.05) is 19.8 Å². The van der Waals surface area contributed by atoms with Crippen molar-refractivity contribution < 1.29 is 24.3 Å². The highest BCUT2D eigenvalue weighted by atomic mass is 16.5. The Morgan fingerprint density at radius 2 is 2.05 bits per heavy atom. The fourth-order valence-corrected chi connectivity index (χ4v) is 3.01. The Kier molecular flexibility index (Phi) is 4.44. The summed E-state index contributed by atoms with van der Waals surface area (Å²) < 4.78 is 17.4. The number of nitrogens with zero attached hydrogens (tertiary/aromatic N) is 1. The molecule has 114 valence electrons. The second-order valence-corrected chi connectivity index (χ2v) is 5.70. The molecule has 2 aliphatic heterocycles. The summed E-state index contributed by atoms with van der Waals surface area (Å²) >= 11 is 0. The van der Waals surface area contributed by atoms with Gasteiger partial charge in [0.25, 0.3) is 0 Å². The third-order valence-electron chi connectivity index (χ3n) is 4.19. The zero-order chi connectivity index (χ0) is 14.7. The van der Waals surface area contributed by atoms with Gasteiger partial charge in [-0.3, -0.25) is 4.98 Å². The monoisotopic (exact) mass is 293 g/mol. The summed E-state index contributed by atoms with van der Waals surface area (Å²) in [4.78, 5) is 3.98. The van der Waals surface area contributed by atoms with E-state index in [1.807, 2.05) is 0 Å². The maximum absolute atomic E-state index is 9.18. The van der Waals surface area contributed by atoms with Crippen LogP contribution in [0.4, 0.5) is 0 Å². The van der Waals surface area contributed by atoms with E-state index in [-0.39, 0.29) is 11.7 Å². The third-order valence-corrected chi connectivity index (χ3v) is 4.19. The molecule has 2 N–H and O–H groups in total. The Hall–Kier alpha value is -1.15. The molecule has 1 unspecified atom stereocenters. The van der Waals surface area contributed by atoms with Gasteiger partial charge in [-0.1, -0.05) is 0 Å². The Balaban J connectivity index is 1.65. The first-order valence-corrected chi connectivity index (χ1v) is 7.36. The molecule has 1 atom stereocenters. The maximum atomic E-state index is 9.18. The van der Waals surface area contributed by atoms with Gasteiger partial charge in [0, 0.05) is 37.7 Å². The molecule has 1 spiro atoms. The summed E-state index contributed by atoms with van der Waals surface area (Å²) in [7, 11) is -1.53. The van der Waals surface area contributed by atoms with Crippen molar-refractivity contribution in [3.63, 3.8) is 0 Å². The molecular formula is C14H20BNO5. The van der Waals surface area contributed by atoms with E-state index in [1.165, 1.54) is 6.20 Å². The first kappa shape index (κ1) is 14.8. The molecule has 0 aromatic carbocycles. The summed E-state index contributed by atoms with van der Waals surface area (Å²) in [5.41, 5.74) is 0.211. The minimum absolute atomic E-state index is 0.0599. The van der Waals surface area contributed by atoms with Gasteiger partial charge < -0.3 is 24.3 Å². The molecule has 0 radical (unpaired) electrons. The van der Waals surface area contributed by atoms with E-state index in [9.17, 15) is 10.0 Å². The van der Waals surface area contributed by atoms with E-state index in [1.54, 1.807) is 12.3 Å². The SMILES string of the molecule is OB(O)c1cncc(OC2CCOC3(CCOCC3)C2)c1. The van der Waals surface area contributed by atoms with E-state index in [2.05, 4.69) is 4.98 Å². The van der Waals surface area contributed by atoms with Crippen LogP contribution in [0.2, 0.25) is 0 Å². The normalized spacial score (nSPS) is 24.8. The van der Waals surface area contributed by atoms with Crippen molar-refractivity contribution in [1.29, 1.82) is 0 Å². The van der Waals surface area contributed by atoms with Crippen molar-refractivity contribution >= 4 is 12.6 Å². The highest BCUT2D eigenvalue weighted by Gasteiger charge is 2.39. The van der Waals surface area contributed by atoms with Crippen LogP contribution in [0.15, 0.2) is 18.5 Å². The van der Waals surface area contributed by atoms with Crippen LogP contribution < -0.4 is 10.2 Å². The Bertz CT molecular complexity index is 473. The first-order chi connectivity index (χ1) is 10.2. The molecule has 21 heavy (non-hydrogen) atoms. The lowest BCUT2D eigenvalue weighted by atomic mass is 9.81. The smallest absolute Gasteiger partial charge is 0.489 e. The van der Waals surface area contributed by atoms with E-state index in [0.717, 1.165) is 38.9 Å². The van der Waals surface area contributed by atoms with Crippen LogP contribution >= 0.6 is 0 Å². The number of rotatable bonds is 3. The Morgan fingerprint density at radius 1 is 1.24 bits per heavy atom. The van der Waals surface area contributed by atoms with Crippen LogP contribution in [0.5, 0.6) is 5.75 Å².